The molecule has 130 valence electrons. The summed E-state index contributed by atoms with van der Waals surface area (Å²) in [6.45, 7) is 6.49. The third-order valence-corrected chi connectivity index (χ3v) is 4.96. The summed E-state index contributed by atoms with van der Waals surface area (Å²) >= 11 is 0. The van der Waals surface area contributed by atoms with Crippen molar-refractivity contribution in [1.29, 1.82) is 0 Å². The monoisotopic (exact) mass is 336 g/mol. The summed E-state index contributed by atoms with van der Waals surface area (Å²) in [6, 6.07) is 17.2. The fourth-order valence-electron chi connectivity index (χ4n) is 3.32. The van der Waals surface area contributed by atoms with E-state index in [-0.39, 0.29) is 18.5 Å². The lowest BCUT2D eigenvalue weighted by molar-refractivity contribution is -0.132. The summed E-state index contributed by atoms with van der Waals surface area (Å²) in [4.78, 5) is 26.9. The van der Waals surface area contributed by atoms with Crippen molar-refractivity contribution in [3.8, 4) is 0 Å². The van der Waals surface area contributed by atoms with Crippen LogP contribution >= 0.6 is 0 Å². The van der Waals surface area contributed by atoms with Gasteiger partial charge in [0, 0.05) is 0 Å². The summed E-state index contributed by atoms with van der Waals surface area (Å²) in [5.41, 5.74) is 2.06. The number of hydrogen-bond acceptors (Lipinski definition) is 2. The van der Waals surface area contributed by atoms with Gasteiger partial charge in [-0.2, -0.15) is 0 Å². The van der Waals surface area contributed by atoms with Crippen LogP contribution in [0.4, 0.5) is 4.79 Å². The molecule has 4 nitrogen and oxygen atoms in total. The highest BCUT2D eigenvalue weighted by Gasteiger charge is 2.50. The molecule has 0 spiro atoms. The van der Waals surface area contributed by atoms with Gasteiger partial charge in [-0.25, -0.2) is 4.79 Å². The molecule has 0 saturated carbocycles. The normalized spacial score (nSPS) is 20.2. The van der Waals surface area contributed by atoms with Crippen molar-refractivity contribution in [2.75, 3.05) is 0 Å². The number of nitrogens with one attached hydrogen (secondary N) is 1. The molecule has 1 unspecified atom stereocenters. The molecular formula is C21H24N2O2. The predicted molar refractivity (Wildman–Crippen MR) is 98.0 cm³/mol. The molecule has 2 aromatic carbocycles. The van der Waals surface area contributed by atoms with E-state index in [0.717, 1.165) is 11.1 Å². The van der Waals surface area contributed by atoms with Crippen molar-refractivity contribution in [2.24, 2.45) is 0 Å². The molecule has 1 atom stereocenters. The van der Waals surface area contributed by atoms with Crippen LogP contribution in [0.25, 0.3) is 0 Å². The number of carbonyl (C=O) groups excluding carboxylic acids is 2. The Hall–Kier alpha value is -2.62. The summed E-state index contributed by atoms with van der Waals surface area (Å²) in [5.74, 6) is 0.274. The number of amides is 3. The van der Waals surface area contributed by atoms with Crippen LogP contribution in [0.15, 0.2) is 54.6 Å². The Morgan fingerprint density at radius 3 is 2.20 bits per heavy atom. The molecule has 0 radical (unpaired) electrons. The number of urea groups is 1. The summed E-state index contributed by atoms with van der Waals surface area (Å²) < 4.78 is 0. The number of nitrogens with zero attached hydrogens (tertiary/aromatic N) is 1. The fourth-order valence-corrected chi connectivity index (χ4v) is 3.32. The van der Waals surface area contributed by atoms with Crippen LogP contribution in [0.1, 0.15) is 49.8 Å². The second-order valence-electron chi connectivity index (χ2n) is 6.84. The van der Waals surface area contributed by atoms with Crippen LogP contribution in [0, 0.1) is 0 Å². The smallest absolute Gasteiger partial charge is 0.319 e. The third kappa shape index (κ3) is 3.04. The van der Waals surface area contributed by atoms with E-state index in [2.05, 4.69) is 31.3 Å². The van der Waals surface area contributed by atoms with Gasteiger partial charge in [-0.1, -0.05) is 75.4 Å². The second-order valence-corrected chi connectivity index (χ2v) is 6.84. The van der Waals surface area contributed by atoms with Crippen molar-refractivity contribution in [2.45, 2.75) is 45.2 Å². The van der Waals surface area contributed by atoms with Gasteiger partial charge in [-0.05, 0) is 29.0 Å². The molecule has 4 heteroatoms. The number of benzene rings is 2. The lowest BCUT2D eigenvalue weighted by Gasteiger charge is -2.25. The molecule has 1 heterocycles. The van der Waals surface area contributed by atoms with E-state index in [9.17, 15) is 9.59 Å². The van der Waals surface area contributed by atoms with Gasteiger partial charge in [0.25, 0.3) is 5.91 Å². The maximum atomic E-state index is 13.1. The number of rotatable bonds is 5. The second kappa shape index (κ2) is 6.71. The van der Waals surface area contributed by atoms with Crippen LogP contribution in [-0.2, 0) is 16.9 Å². The predicted octanol–water partition coefficient (Wildman–Crippen LogP) is 4.17. The average Bonchev–Trinajstić information content (AvgIpc) is 2.88. The Bertz CT molecular complexity index is 768. The maximum Gasteiger partial charge on any atom is 0.325 e. The highest BCUT2D eigenvalue weighted by Crippen LogP contribution is 2.33. The molecule has 1 saturated heterocycles. The van der Waals surface area contributed by atoms with Gasteiger partial charge in [0.1, 0.15) is 5.54 Å². The molecule has 0 aromatic heterocycles. The lowest BCUT2D eigenvalue weighted by atomic mass is 9.87. The molecule has 0 aliphatic carbocycles. The molecule has 1 aliphatic heterocycles. The molecule has 0 bridgehead atoms. The van der Waals surface area contributed by atoms with E-state index >= 15 is 0 Å². The highest BCUT2D eigenvalue weighted by molar-refractivity contribution is 6.07. The standard InChI is InChI=1S/C21H24N2O2/c1-4-21(18-8-6-5-7-9-18)19(24)23(20(25)22-21)14-16-10-12-17(13-11-16)15(2)3/h5-13,15H,4,14H2,1-3H3,(H,22,25). The van der Waals surface area contributed by atoms with Crippen molar-refractivity contribution < 1.29 is 9.59 Å². The van der Waals surface area contributed by atoms with E-state index in [4.69, 9.17) is 0 Å². The van der Waals surface area contributed by atoms with Gasteiger partial charge in [0.05, 0.1) is 6.54 Å². The van der Waals surface area contributed by atoms with Crippen molar-refractivity contribution in [1.82, 2.24) is 10.2 Å². The quantitative estimate of drug-likeness (QED) is 0.833. The molecule has 3 rings (SSSR count). The highest BCUT2D eigenvalue weighted by atomic mass is 16.2. The zero-order valence-corrected chi connectivity index (χ0v) is 15.0. The number of hydrogen-bond donors (Lipinski definition) is 1. The SMILES string of the molecule is CCC1(c2ccccc2)NC(=O)N(Cc2ccc(C(C)C)cc2)C1=O. The molecule has 1 N–H and O–H groups in total. The Kier molecular flexibility index (Phi) is 4.62. The van der Waals surface area contributed by atoms with Gasteiger partial charge >= 0.3 is 6.03 Å². The minimum absolute atomic E-state index is 0.181. The minimum atomic E-state index is -0.962. The Balaban J connectivity index is 1.86. The topological polar surface area (TPSA) is 49.4 Å². The first-order valence-electron chi connectivity index (χ1n) is 8.76. The molecule has 25 heavy (non-hydrogen) atoms. The van der Waals surface area contributed by atoms with E-state index < -0.39 is 5.54 Å². The Morgan fingerprint density at radius 2 is 1.64 bits per heavy atom. The Morgan fingerprint density at radius 1 is 1.00 bits per heavy atom. The van der Waals surface area contributed by atoms with Crippen molar-refractivity contribution in [3.63, 3.8) is 0 Å². The zero-order valence-electron chi connectivity index (χ0n) is 15.0. The average molecular weight is 336 g/mol. The van der Waals surface area contributed by atoms with Crippen LogP contribution in [-0.4, -0.2) is 16.8 Å². The molecule has 1 fully saturated rings. The summed E-state index contributed by atoms with van der Waals surface area (Å²) in [7, 11) is 0. The summed E-state index contributed by atoms with van der Waals surface area (Å²) in [5, 5.41) is 2.92. The molecule has 2 aromatic rings. The Labute approximate surface area is 148 Å². The van der Waals surface area contributed by atoms with E-state index in [1.807, 2.05) is 49.4 Å². The maximum absolute atomic E-state index is 13.1. The van der Waals surface area contributed by atoms with Crippen LogP contribution in [0.3, 0.4) is 0 Å². The minimum Gasteiger partial charge on any atom is -0.319 e. The van der Waals surface area contributed by atoms with Gasteiger partial charge in [0.15, 0.2) is 0 Å². The summed E-state index contributed by atoms with van der Waals surface area (Å²) in [6.07, 6.45) is 0.518. The van der Waals surface area contributed by atoms with E-state index in [1.54, 1.807) is 0 Å². The zero-order chi connectivity index (χ0) is 18.0. The molecular weight excluding hydrogens is 312 g/mol. The first-order valence-corrected chi connectivity index (χ1v) is 8.76. The fraction of sp³-hybridized carbons (Fsp3) is 0.333. The largest absolute Gasteiger partial charge is 0.325 e. The van der Waals surface area contributed by atoms with Crippen LogP contribution < -0.4 is 5.32 Å². The molecule has 3 amide bonds. The third-order valence-electron chi connectivity index (χ3n) is 4.96. The van der Waals surface area contributed by atoms with Crippen molar-refractivity contribution >= 4 is 11.9 Å². The van der Waals surface area contributed by atoms with E-state index in [0.29, 0.717) is 12.3 Å². The lowest BCUT2D eigenvalue weighted by Crippen LogP contribution is -2.43. The van der Waals surface area contributed by atoms with Gasteiger partial charge in [0.2, 0.25) is 0 Å². The number of imide groups is 1. The van der Waals surface area contributed by atoms with E-state index in [1.165, 1.54) is 10.5 Å². The number of carbonyl (C=O) groups is 2. The van der Waals surface area contributed by atoms with Crippen LogP contribution in [0.5, 0.6) is 0 Å². The first-order chi connectivity index (χ1) is 12.0. The van der Waals surface area contributed by atoms with Crippen LogP contribution in [0.2, 0.25) is 0 Å². The molecule has 1 aliphatic rings. The first kappa shape index (κ1) is 17.2. The van der Waals surface area contributed by atoms with Gasteiger partial charge in [-0.3, -0.25) is 9.69 Å². The van der Waals surface area contributed by atoms with Gasteiger partial charge in [-0.15, -0.1) is 0 Å². The van der Waals surface area contributed by atoms with Gasteiger partial charge < -0.3 is 5.32 Å². The van der Waals surface area contributed by atoms with Crippen molar-refractivity contribution in [3.05, 3.63) is 71.3 Å².